The van der Waals surface area contributed by atoms with Gasteiger partial charge in [-0.05, 0) is 37.8 Å². The summed E-state index contributed by atoms with van der Waals surface area (Å²) < 4.78 is 29.0. The molecule has 2 fully saturated rings. The van der Waals surface area contributed by atoms with Crippen molar-refractivity contribution >= 4 is 16.1 Å². The van der Waals surface area contributed by atoms with Crippen molar-refractivity contribution in [1.82, 2.24) is 13.9 Å². The van der Waals surface area contributed by atoms with Gasteiger partial charge in [0.05, 0.1) is 0 Å². The highest BCUT2D eigenvalue weighted by atomic mass is 32.2. The number of carbonyl (C=O) groups is 1. The van der Waals surface area contributed by atoms with Crippen LogP contribution >= 0.6 is 0 Å². The summed E-state index contributed by atoms with van der Waals surface area (Å²) in [4.78, 5) is 12.3. The molecule has 1 aliphatic carbocycles. The van der Waals surface area contributed by atoms with Crippen LogP contribution in [0.5, 0.6) is 0 Å². The van der Waals surface area contributed by atoms with Crippen molar-refractivity contribution in [2.75, 3.05) is 20.1 Å². The molecule has 0 unspecified atom stereocenters. The second-order valence-electron chi connectivity index (χ2n) is 7.33. The molecule has 1 saturated carbocycles. The molecule has 1 amide bonds. The summed E-state index contributed by atoms with van der Waals surface area (Å²) in [6.07, 6.45) is 6.64. The number of rotatable bonds is 5. The lowest BCUT2D eigenvalue weighted by Crippen LogP contribution is -2.52. The molecule has 0 spiro atoms. The fourth-order valence-corrected chi connectivity index (χ4v) is 5.53. The lowest BCUT2D eigenvalue weighted by atomic mass is 9.96. The highest BCUT2D eigenvalue weighted by Crippen LogP contribution is 2.26. The topological polar surface area (TPSA) is 69.7 Å². The Labute approximate surface area is 156 Å². The fraction of sp³-hybridized carbons (Fsp3) is 0.632. The minimum atomic E-state index is -3.41. The zero-order valence-corrected chi connectivity index (χ0v) is 16.2. The van der Waals surface area contributed by atoms with E-state index in [4.69, 9.17) is 0 Å². The number of amides is 1. The molecule has 0 bridgehead atoms. The molecule has 1 N–H and O–H groups in total. The molecule has 1 aliphatic heterocycles. The van der Waals surface area contributed by atoms with Crippen LogP contribution in [0.2, 0.25) is 0 Å². The van der Waals surface area contributed by atoms with Crippen molar-refractivity contribution in [2.24, 2.45) is 0 Å². The van der Waals surface area contributed by atoms with E-state index >= 15 is 0 Å². The smallest absolute Gasteiger partial charge is 0.281 e. The van der Waals surface area contributed by atoms with E-state index in [1.807, 2.05) is 18.2 Å². The molecule has 2 aliphatic rings. The highest BCUT2D eigenvalue weighted by Gasteiger charge is 2.35. The van der Waals surface area contributed by atoms with Crippen LogP contribution < -0.4 is 5.32 Å². The summed E-state index contributed by atoms with van der Waals surface area (Å²) in [5.41, 5.74) is 0.639. The Balaban J connectivity index is 1.53. The van der Waals surface area contributed by atoms with Gasteiger partial charge in [0.2, 0.25) is 0 Å². The van der Waals surface area contributed by atoms with Crippen molar-refractivity contribution in [3.8, 4) is 0 Å². The standard InChI is InChI=1S/C19H29N3O3S/c1-21(18-10-6-3-7-11-18)26(24,25)22-14-12-17(13-15-22)20-19(23)16-8-4-2-5-9-16/h2,4-5,8-9,17-18H,3,6-7,10-15H2,1H3,(H,20,23). The second kappa shape index (κ2) is 8.50. The van der Waals surface area contributed by atoms with Crippen LogP contribution in [0.3, 0.4) is 0 Å². The van der Waals surface area contributed by atoms with Crippen molar-refractivity contribution in [2.45, 2.75) is 57.0 Å². The molecule has 0 radical (unpaired) electrons. The van der Waals surface area contributed by atoms with E-state index in [0.717, 1.165) is 25.7 Å². The molecule has 0 aromatic heterocycles. The summed E-state index contributed by atoms with van der Waals surface area (Å²) in [6.45, 7) is 0.915. The number of piperidine rings is 1. The van der Waals surface area contributed by atoms with E-state index in [2.05, 4.69) is 5.32 Å². The second-order valence-corrected chi connectivity index (χ2v) is 9.32. The van der Waals surface area contributed by atoms with Crippen molar-refractivity contribution in [3.05, 3.63) is 35.9 Å². The molecule has 144 valence electrons. The summed E-state index contributed by atoms with van der Waals surface area (Å²) in [5, 5.41) is 3.03. The molecule has 1 heterocycles. The number of hydrogen-bond acceptors (Lipinski definition) is 3. The molecule has 7 heteroatoms. The molecule has 0 atom stereocenters. The first kappa shape index (κ1) is 19.3. The van der Waals surface area contributed by atoms with Crippen LogP contribution in [-0.2, 0) is 10.2 Å². The van der Waals surface area contributed by atoms with E-state index in [-0.39, 0.29) is 18.0 Å². The minimum Gasteiger partial charge on any atom is -0.349 e. The van der Waals surface area contributed by atoms with Crippen molar-refractivity contribution < 1.29 is 13.2 Å². The van der Waals surface area contributed by atoms with Gasteiger partial charge < -0.3 is 5.32 Å². The molecule has 6 nitrogen and oxygen atoms in total. The normalized spacial score (nSPS) is 21.0. The summed E-state index contributed by atoms with van der Waals surface area (Å²) >= 11 is 0. The zero-order chi connectivity index (χ0) is 18.6. The largest absolute Gasteiger partial charge is 0.349 e. The van der Waals surface area contributed by atoms with Gasteiger partial charge in [0.15, 0.2) is 0 Å². The first-order chi connectivity index (χ1) is 12.5. The van der Waals surface area contributed by atoms with Gasteiger partial charge in [-0.1, -0.05) is 37.5 Å². The third-order valence-electron chi connectivity index (χ3n) is 5.60. The minimum absolute atomic E-state index is 0.0224. The van der Waals surface area contributed by atoms with Gasteiger partial charge in [-0.25, -0.2) is 0 Å². The monoisotopic (exact) mass is 379 g/mol. The Bertz CT molecular complexity index is 694. The Morgan fingerprint density at radius 1 is 1.04 bits per heavy atom. The first-order valence-electron chi connectivity index (χ1n) is 9.57. The van der Waals surface area contributed by atoms with Gasteiger partial charge in [-0.2, -0.15) is 17.0 Å². The highest BCUT2D eigenvalue weighted by molar-refractivity contribution is 7.86. The molecular weight excluding hydrogens is 350 g/mol. The Morgan fingerprint density at radius 3 is 2.27 bits per heavy atom. The van der Waals surface area contributed by atoms with Gasteiger partial charge >= 0.3 is 0 Å². The number of hydrogen-bond donors (Lipinski definition) is 1. The Kier molecular flexibility index (Phi) is 6.32. The van der Waals surface area contributed by atoms with Crippen LogP contribution in [0.4, 0.5) is 0 Å². The van der Waals surface area contributed by atoms with E-state index in [1.165, 1.54) is 6.42 Å². The number of nitrogens with one attached hydrogen (secondary N) is 1. The van der Waals surface area contributed by atoms with Crippen LogP contribution in [-0.4, -0.2) is 55.2 Å². The fourth-order valence-electron chi connectivity index (χ4n) is 3.90. The maximum Gasteiger partial charge on any atom is 0.281 e. The van der Waals surface area contributed by atoms with E-state index < -0.39 is 10.2 Å². The molecule has 1 aromatic rings. The van der Waals surface area contributed by atoms with E-state index in [1.54, 1.807) is 27.8 Å². The van der Waals surface area contributed by atoms with Gasteiger partial charge in [0.1, 0.15) is 0 Å². The average Bonchev–Trinajstić information content (AvgIpc) is 2.69. The summed E-state index contributed by atoms with van der Waals surface area (Å²) in [5.74, 6) is -0.0915. The third kappa shape index (κ3) is 4.45. The predicted octanol–water partition coefficient (Wildman–Crippen LogP) is 2.39. The molecule has 3 rings (SSSR count). The summed E-state index contributed by atoms with van der Waals surface area (Å²) in [6, 6.07) is 9.28. The molecule has 1 aromatic carbocycles. The van der Waals surface area contributed by atoms with Crippen LogP contribution in [0, 0.1) is 0 Å². The SMILES string of the molecule is CN(C1CCCCC1)S(=O)(=O)N1CCC(NC(=O)c2ccccc2)CC1. The van der Waals surface area contributed by atoms with Gasteiger partial charge in [0.25, 0.3) is 16.1 Å². The summed E-state index contributed by atoms with van der Waals surface area (Å²) in [7, 11) is -1.69. The number of carbonyl (C=O) groups excluding carboxylic acids is 1. The van der Waals surface area contributed by atoms with Gasteiger partial charge in [-0.15, -0.1) is 0 Å². The lowest BCUT2D eigenvalue weighted by molar-refractivity contribution is 0.0923. The van der Waals surface area contributed by atoms with E-state index in [0.29, 0.717) is 31.5 Å². The zero-order valence-electron chi connectivity index (χ0n) is 15.4. The van der Waals surface area contributed by atoms with Gasteiger partial charge in [-0.3, -0.25) is 4.79 Å². The van der Waals surface area contributed by atoms with Crippen molar-refractivity contribution in [1.29, 1.82) is 0 Å². The average molecular weight is 380 g/mol. The van der Waals surface area contributed by atoms with Crippen LogP contribution in [0.25, 0.3) is 0 Å². The predicted molar refractivity (Wildman–Crippen MR) is 102 cm³/mol. The quantitative estimate of drug-likeness (QED) is 0.854. The molecule has 26 heavy (non-hydrogen) atoms. The van der Waals surface area contributed by atoms with Crippen LogP contribution in [0.1, 0.15) is 55.3 Å². The third-order valence-corrected chi connectivity index (χ3v) is 7.65. The number of benzene rings is 1. The number of nitrogens with zero attached hydrogens (tertiary/aromatic N) is 2. The maximum atomic E-state index is 12.9. The molecule has 1 saturated heterocycles. The lowest BCUT2D eigenvalue weighted by Gasteiger charge is -2.37. The van der Waals surface area contributed by atoms with Crippen LogP contribution in [0.15, 0.2) is 30.3 Å². The van der Waals surface area contributed by atoms with Crippen molar-refractivity contribution in [3.63, 3.8) is 0 Å². The van der Waals surface area contributed by atoms with E-state index in [9.17, 15) is 13.2 Å². The van der Waals surface area contributed by atoms with Gasteiger partial charge in [0, 0.05) is 37.8 Å². The Morgan fingerprint density at radius 2 is 1.65 bits per heavy atom. The maximum absolute atomic E-state index is 12.9. The molecular formula is C19H29N3O3S. The Hall–Kier alpha value is -1.44. The first-order valence-corrected chi connectivity index (χ1v) is 11.0.